The van der Waals surface area contributed by atoms with E-state index in [1.54, 1.807) is 54.6 Å². The third-order valence-corrected chi connectivity index (χ3v) is 23.3. The Bertz CT molecular complexity index is 3640. The highest BCUT2D eigenvalue weighted by Gasteiger charge is 2.81. The standard InChI is InChI=1S/C38H44F5NO5.C33H32F5NO3/c1-32(2)20-48-35(49-21-32)16-13-29-30-26(12-15-34(29,46)19-35)28-14-17-36(47,37(39,40)38(41,42)43)33(28,3)18-27(30)24-8-4-22(5-9-24)23-6-10-25(11-7-23)31(44)45;1-30-17-26(20-6-2-18(3-7-20)19-4-8-21(9-5-19)29(39)41)28-24-13-11-23(40)16-22(24)10-12-25(28)27(30)14-15-31(30,42)32(34,35)33(36,37)38/h4-11,26-28,46-47H,12-21H2,1-3H3,(H2,44,45);2-9,16,25-27,42H,10-15,17H2,1H3,(H2,39,41)/t26-,27?,28-,33-,34+,36-;25-,26+,27-,30-,31-/m00/s1. The number of carbonyl (C=O) groups is 3. The van der Waals surface area contributed by atoms with Crippen LogP contribution < -0.4 is 11.5 Å². The first-order chi connectivity index (χ1) is 42.4. The number of amides is 2. The summed E-state index contributed by atoms with van der Waals surface area (Å²) in [6.45, 7) is 7.88. The van der Waals surface area contributed by atoms with E-state index in [9.17, 15) is 56.0 Å². The number of benzene rings is 4. The third-order valence-electron chi connectivity index (χ3n) is 23.3. The zero-order valence-corrected chi connectivity index (χ0v) is 51.1. The van der Waals surface area contributed by atoms with Crippen LogP contribution in [0.15, 0.2) is 131 Å². The van der Waals surface area contributed by atoms with Crippen molar-refractivity contribution in [2.45, 2.75) is 183 Å². The van der Waals surface area contributed by atoms with Crippen LogP contribution >= 0.6 is 0 Å². The number of primary amides is 2. The summed E-state index contributed by atoms with van der Waals surface area (Å²) >= 11 is 0. The molecular weight excluding hydrogens is 1200 g/mol. The van der Waals surface area contributed by atoms with Crippen molar-refractivity contribution >= 4 is 17.6 Å². The van der Waals surface area contributed by atoms with Gasteiger partial charge in [0.1, 0.15) is 11.2 Å². The lowest BCUT2D eigenvalue weighted by Crippen LogP contribution is -2.65. The van der Waals surface area contributed by atoms with Crippen LogP contribution in [0.2, 0.25) is 0 Å². The van der Waals surface area contributed by atoms with Gasteiger partial charge < -0.3 is 36.3 Å². The van der Waals surface area contributed by atoms with Gasteiger partial charge in [-0.15, -0.1) is 0 Å². The number of ketones is 1. The SMILES string of the molecule is CC1(C)COC2(CCC3=C4C(c5ccc(-c6ccc(C(N)=O)cc6)cc5)C[C@@]5(C)[C@@H](CC[C@@]5(O)C(F)(F)C(F)(F)F)[C@@H]4CC[C@@]3(O)C2)OC1.C[C@]12C[C@H](c3ccc(-c4ccc(C(N)=O)cc4)cc3)C3=C4CCC(=O)C=C4CC[C@H]3[C@@H]1CC[C@@]2(O)C(F)(F)C(F)(F)F. The summed E-state index contributed by atoms with van der Waals surface area (Å²) in [5.74, 6) is -15.5. The minimum absolute atomic E-state index is 0.0245. The number of ether oxygens (including phenoxy) is 2. The van der Waals surface area contributed by atoms with E-state index in [2.05, 4.69) is 0 Å². The van der Waals surface area contributed by atoms with Crippen molar-refractivity contribution in [3.63, 3.8) is 0 Å². The fourth-order valence-corrected chi connectivity index (χ4v) is 18.5. The second-order valence-corrected chi connectivity index (χ2v) is 28.8. The molecule has 1 spiro atoms. The fraction of sp³-hybridized carbons (Fsp3) is 0.535. The van der Waals surface area contributed by atoms with Gasteiger partial charge in [0.15, 0.2) is 11.6 Å². The van der Waals surface area contributed by atoms with Crippen LogP contribution in [-0.2, 0) is 14.3 Å². The molecular formula is C71H76F10N2O8. The number of hydrogen-bond donors (Lipinski definition) is 5. The average molecular weight is 1280 g/mol. The van der Waals surface area contributed by atoms with Crippen molar-refractivity contribution in [3.05, 3.63) is 153 Å². The van der Waals surface area contributed by atoms with Crippen molar-refractivity contribution in [1.29, 1.82) is 0 Å². The van der Waals surface area contributed by atoms with Crippen LogP contribution in [0.5, 0.6) is 0 Å². The second-order valence-electron chi connectivity index (χ2n) is 28.8. The molecule has 488 valence electrons. The van der Waals surface area contributed by atoms with Crippen molar-refractivity contribution < 1.29 is 83.1 Å². The van der Waals surface area contributed by atoms with Gasteiger partial charge in [0.25, 0.3) is 0 Å². The monoisotopic (exact) mass is 1270 g/mol. The average Bonchev–Trinajstić information content (AvgIpc) is 1.62. The molecule has 4 aromatic rings. The molecule has 0 aromatic heterocycles. The van der Waals surface area contributed by atoms with Gasteiger partial charge in [-0.1, -0.05) is 112 Å². The van der Waals surface area contributed by atoms with E-state index in [-0.39, 0.29) is 55.1 Å². The number of hydrogen-bond acceptors (Lipinski definition) is 8. The molecule has 0 radical (unpaired) electrons. The van der Waals surface area contributed by atoms with Crippen LogP contribution in [0.25, 0.3) is 22.3 Å². The Balaban J connectivity index is 0.000000178. The molecule has 20 heteroatoms. The summed E-state index contributed by atoms with van der Waals surface area (Å²) in [7, 11) is 0. The van der Waals surface area contributed by atoms with Crippen molar-refractivity contribution in [2.24, 2.45) is 51.4 Å². The minimum atomic E-state index is -5.92. The van der Waals surface area contributed by atoms with Gasteiger partial charge >= 0.3 is 24.2 Å². The normalized spacial score (nSPS) is 33.5. The molecule has 6 fully saturated rings. The molecule has 10 nitrogen and oxygen atoms in total. The van der Waals surface area contributed by atoms with Crippen LogP contribution in [0.1, 0.15) is 168 Å². The molecule has 0 bridgehead atoms. The summed E-state index contributed by atoms with van der Waals surface area (Å²) in [4.78, 5) is 35.2. The van der Waals surface area contributed by atoms with Crippen molar-refractivity contribution in [1.82, 2.24) is 0 Å². The van der Waals surface area contributed by atoms with E-state index >= 15 is 17.6 Å². The van der Waals surface area contributed by atoms with Gasteiger partial charge in [0.2, 0.25) is 11.8 Å². The van der Waals surface area contributed by atoms with E-state index in [0.29, 0.717) is 81.3 Å². The molecule has 11 atom stereocenters. The number of halogens is 10. The zero-order valence-electron chi connectivity index (χ0n) is 51.1. The number of allylic oxidation sites excluding steroid dienone is 5. The number of nitrogens with two attached hydrogens (primary N) is 2. The highest BCUT2D eigenvalue weighted by molar-refractivity contribution is 5.94. The fourth-order valence-electron chi connectivity index (χ4n) is 18.5. The molecule has 1 unspecified atom stereocenters. The van der Waals surface area contributed by atoms with Crippen LogP contribution in [-0.4, -0.2) is 92.9 Å². The molecule has 2 amide bonds. The Morgan fingerprint density at radius 1 is 0.516 bits per heavy atom. The van der Waals surface area contributed by atoms with Gasteiger partial charge in [-0.25, -0.2) is 0 Å². The Kier molecular flexibility index (Phi) is 15.7. The zero-order chi connectivity index (χ0) is 65.7. The summed E-state index contributed by atoms with van der Waals surface area (Å²) in [5, 5.41) is 35.4. The van der Waals surface area contributed by atoms with E-state index < -0.39 is 106 Å². The third kappa shape index (κ3) is 10.3. The topological polar surface area (TPSA) is 182 Å². The van der Waals surface area contributed by atoms with Crippen molar-refractivity contribution in [2.75, 3.05) is 13.2 Å². The van der Waals surface area contributed by atoms with Crippen molar-refractivity contribution in [3.8, 4) is 22.3 Å². The molecule has 1 heterocycles. The van der Waals surface area contributed by atoms with Gasteiger partial charge in [-0.2, -0.15) is 43.9 Å². The van der Waals surface area contributed by atoms with Crippen LogP contribution in [0.4, 0.5) is 43.9 Å². The predicted molar refractivity (Wildman–Crippen MR) is 318 cm³/mol. The van der Waals surface area contributed by atoms with E-state index in [1.807, 2.05) is 62.4 Å². The van der Waals surface area contributed by atoms with Gasteiger partial charge in [0.05, 0.1) is 18.8 Å². The summed E-state index contributed by atoms with van der Waals surface area (Å²) in [6, 6.07) is 28.3. The Labute approximate surface area is 521 Å². The molecule has 8 aliphatic carbocycles. The number of aliphatic hydroxyl groups is 3. The lowest BCUT2D eigenvalue weighted by molar-refractivity contribution is -0.362. The largest absolute Gasteiger partial charge is 0.456 e. The predicted octanol–water partition coefficient (Wildman–Crippen LogP) is 15.0. The number of carbonyl (C=O) groups excluding carboxylic acids is 3. The van der Waals surface area contributed by atoms with E-state index in [1.165, 1.54) is 13.8 Å². The summed E-state index contributed by atoms with van der Waals surface area (Å²) in [5.41, 5.74) is 9.46. The number of rotatable bonds is 8. The Hall–Kier alpha value is -6.19. The molecule has 4 aromatic carbocycles. The summed E-state index contributed by atoms with van der Waals surface area (Å²) < 4.78 is 157. The first kappa shape index (κ1) is 64.9. The molecule has 13 rings (SSSR count). The quantitative estimate of drug-likeness (QED) is 0.0853. The minimum Gasteiger partial charge on any atom is -0.385 e. The molecule has 5 saturated carbocycles. The second kappa shape index (κ2) is 22.0. The maximum Gasteiger partial charge on any atom is 0.456 e. The highest BCUT2D eigenvalue weighted by Crippen LogP contribution is 2.73. The lowest BCUT2D eigenvalue weighted by Gasteiger charge is -2.59. The van der Waals surface area contributed by atoms with E-state index in [0.717, 1.165) is 55.7 Å². The van der Waals surface area contributed by atoms with Gasteiger partial charge in [-0.3, -0.25) is 14.4 Å². The molecule has 1 saturated heterocycles. The van der Waals surface area contributed by atoms with Gasteiger partial charge in [-0.05, 0) is 181 Å². The maximum absolute atomic E-state index is 15.4. The van der Waals surface area contributed by atoms with Crippen LogP contribution in [0, 0.1) is 39.9 Å². The van der Waals surface area contributed by atoms with Gasteiger partial charge in [0, 0.05) is 58.5 Å². The highest BCUT2D eigenvalue weighted by atomic mass is 19.4. The smallest absolute Gasteiger partial charge is 0.385 e. The maximum atomic E-state index is 15.4. The summed E-state index contributed by atoms with van der Waals surface area (Å²) in [6.07, 6.45) is -7.78. The number of fused-ring (bicyclic) bond motifs is 8. The first-order valence-corrected chi connectivity index (χ1v) is 31.5. The Morgan fingerprint density at radius 2 is 0.934 bits per heavy atom. The Morgan fingerprint density at radius 3 is 1.36 bits per heavy atom. The molecule has 91 heavy (non-hydrogen) atoms. The first-order valence-electron chi connectivity index (χ1n) is 31.5. The lowest BCUT2D eigenvalue weighted by atomic mass is 9.49. The van der Waals surface area contributed by atoms with E-state index in [4.69, 9.17) is 20.9 Å². The number of alkyl halides is 10. The van der Waals surface area contributed by atoms with Crippen LogP contribution in [0.3, 0.4) is 0 Å². The molecule has 1 aliphatic heterocycles. The molecule has 7 N–H and O–H groups in total. The molecule has 9 aliphatic rings.